The van der Waals surface area contributed by atoms with Crippen LogP contribution in [0.5, 0.6) is 0 Å². The Kier molecular flexibility index (Phi) is 2.03. The summed E-state index contributed by atoms with van der Waals surface area (Å²) in [7, 11) is 0. The number of aromatic nitrogens is 3. The maximum absolute atomic E-state index is 4.43. The van der Waals surface area contributed by atoms with Crippen molar-refractivity contribution >= 4 is 16.7 Å². The molecule has 0 aliphatic carbocycles. The van der Waals surface area contributed by atoms with Gasteiger partial charge in [-0.3, -0.25) is 5.10 Å². The van der Waals surface area contributed by atoms with Gasteiger partial charge in [-0.15, -0.1) is 0 Å². The molecule has 2 aromatic rings. The molecule has 5 heteroatoms. The zero-order valence-corrected chi connectivity index (χ0v) is 8.40. The number of pyridine rings is 1. The minimum Gasteiger partial charge on any atom is -0.354 e. The monoisotopic (exact) mass is 203 g/mol. The smallest absolute Gasteiger partial charge is 0.129 e. The fraction of sp³-hybridized carbons (Fsp3) is 0.400. The van der Waals surface area contributed by atoms with E-state index in [-0.39, 0.29) is 0 Å². The fourth-order valence-electron chi connectivity index (χ4n) is 1.90. The van der Waals surface area contributed by atoms with Crippen LogP contribution >= 0.6 is 0 Å². The molecule has 0 aromatic carbocycles. The van der Waals surface area contributed by atoms with Gasteiger partial charge in [0.05, 0.1) is 17.9 Å². The molecule has 3 rings (SSSR count). The highest BCUT2D eigenvalue weighted by atomic mass is 15.2. The summed E-state index contributed by atoms with van der Waals surface area (Å²) in [6.45, 7) is 4.11. The first-order valence-corrected chi connectivity index (χ1v) is 5.18. The van der Waals surface area contributed by atoms with Crippen molar-refractivity contribution < 1.29 is 0 Å². The number of fused-ring (bicyclic) bond motifs is 1. The Labute approximate surface area is 87.5 Å². The lowest BCUT2D eigenvalue weighted by atomic mass is 10.3. The standard InChI is InChI=1S/C10H13N5/c1-3-15(4-2-11-1)10-5-8-6-13-14-9(8)7-12-10/h5-7,11H,1-4H2,(H,13,14). The lowest BCUT2D eigenvalue weighted by molar-refractivity contribution is 0.585. The zero-order chi connectivity index (χ0) is 10.1. The first-order valence-electron chi connectivity index (χ1n) is 5.18. The molecule has 1 saturated heterocycles. The molecule has 0 bridgehead atoms. The van der Waals surface area contributed by atoms with Gasteiger partial charge in [-0.1, -0.05) is 0 Å². The molecule has 2 aromatic heterocycles. The number of aromatic amines is 1. The van der Waals surface area contributed by atoms with Gasteiger partial charge in [-0.25, -0.2) is 4.98 Å². The highest BCUT2D eigenvalue weighted by Gasteiger charge is 2.11. The topological polar surface area (TPSA) is 56.8 Å². The molecule has 1 aliphatic rings. The van der Waals surface area contributed by atoms with Crippen molar-refractivity contribution in [1.82, 2.24) is 20.5 Å². The number of nitrogens with zero attached hydrogens (tertiary/aromatic N) is 3. The van der Waals surface area contributed by atoms with E-state index in [0.29, 0.717) is 0 Å². The predicted octanol–water partition coefficient (Wildman–Crippen LogP) is 0.367. The largest absolute Gasteiger partial charge is 0.354 e. The second-order valence-corrected chi connectivity index (χ2v) is 3.74. The summed E-state index contributed by atoms with van der Waals surface area (Å²) in [4.78, 5) is 6.72. The predicted molar refractivity (Wildman–Crippen MR) is 59.0 cm³/mol. The quantitative estimate of drug-likeness (QED) is 0.703. The molecule has 0 radical (unpaired) electrons. The molecule has 0 amide bonds. The summed E-state index contributed by atoms with van der Waals surface area (Å²) in [5.74, 6) is 1.05. The van der Waals surface area contributed by atoms with Gasteiger partial charge in [0.15, 0.2) is 0 Å². The van der Waals surface area contributed by atoms with Crippen molar-refractivity contribution in [3.63, 3.8) is 0 Å². The van der Waals surface area contributed by atoms with E-state index in [0.717, 1.165) is 42.9 Å². The Balaban J connectivity index is 1.95. The average Bonchev–Trinajstić information content (AvgIpc) is 2.77. The fourth-order valence-corrected chi connectivity index (χ4v) is 1.90. The van der Waals surface area contributed by atoms with Gasteiger partial charge < -0.3 is 10.2 Å². The molecule has 1 fully saturated rings. The van der Waals surface area contributed by atoms with Gasteiger partial charge in [0.2, 0.25) is 0 Å². The third-order valence-electron chi connectivity index (χ3n) is 2.75. The van der Waals surface area contributed by atoms with Crippen LogP contribution < -0.4 is 10.2 Å². The SMILES string of the molecule is c1n[nH]c2cnc(N3CCNCC3)cc12. The second kappa shape index (κ2) is 3.51. The van der Waals surface area contributed by atoms with E-state index in [1.807, 2.05) is 12.4 Å². The first-order chi connectivity index (χ1) is 7.43. The van der Waals surface area contributed by atoms with Gasteiger partial charge in [0, 0.05) is 31.6 Å². The van der Waals surface area contributed by atoms with Crippen molar-refractivity contribution in [2.75, 3.05) is 31.1 Å². The summed E-state index contributed by atoms with van der Waals surface area (Å²) in [5, 5.41) is 11.4. The minimum atomic E-state index is 0.994. The van der Waals surface area contributed by atoms with Crippen molar-refractivity contribution in [1.29, 1.82) is 0 Å². The second-order valence-electron chi connectivity index (χ2n) is 3.74. The molecule has 0 atom stereocenters. The molecular weight excluding hydrogens is 190 g/mol. The van der Waals surface area contributed by atoms with Crippen LogP contribution in [-0.4, -0.2) is 41.4 Å². The number of anilines is 1. The Morgan fingerprint density at radius 1 is 1.20 bits per heavy atom. The molecule has 3 heterocycles. The van der Waals surface area contributed by atoms with Gasteiger partial charge in [-0.2, -0.15) is 5.10 Å². The Morgan fingerprint density at radius 3 is 2.93 bits per heavy atom. The number of hydrogen-bond donors (Lipinski definition) is 2. The first kappa shape index (κ1) is 8.67. The third-order valence-corrected chi connectivity index (χ3v) is 2.75. The van der Waals surface area contributed by atoms with E-state index < -0.39 is 0 Å². The van der Waals surface area contributed by atoms with Crippen LogP contribution in [0.15, 0.2) is 18.5 Å². The summed E-state index contributed by atoms with van der Waals surface area (Å²) in [5.41, 5.74) is 0.994. The molecule has 5 nitrogen and oxygen atoms in total. The van der Waals surface area contributed by atoms with Crippen molar-refractivity contribution in [3.8, 4) is 0 Å². The van der Waals surface area contributed by atoms with Crippen LogP contribution in [0.4, 0.5) is 5.82 Å². The normalized spacial score (nSPS) is 17.2. The van der Waals surface area contributed by atoms with Crippen LogP contribution in [0.2, 0.25) is 0 Å². The number of piperazine rings is 1. The summed E-state index contributed by atoms with van der Waals surface area (Å²) >= 11 is 0. The molecule has 0 unspecified atom stereocenters. The molecule has 78 valence electrons. The summed E-state index contributed by atoms with van der Waals surface area (Å²) < 4.78 is 0. The van der Waals surface area contributed by atoms with E-state index in [1.54, 1.807) is 0 Å². The summed E-state index contributed by atoms with van der Waals surface area (Å²) in [6.07, 6.45) is 3.68. The molecule has 1 aliphatic heterocycles. The van der Waals surface area contributed by atoms with Crippen LogP contribution in [0.1, 0.15) is 0 Å². The van der Waals surface area contributed by atoms with Crippen molar-refractivity contribution in [3.05, 3.63) is 18.5 Å². The minimum absolute atomic E-state index is 0.994. The maximum atomic E-state index is 4.43. The van der Waals surface area contributed by atoms with E-state index in [1.165, 1.54) is 0 Å². The molecule has 0 spiro atoms. The van der Waals surface area contributed by atoms with Crippen molar-refractivity contribution in [2.45, 2.75) is 0 Å². The number of H-pyrrole nitrogens is 1. The average molecular weight is 203 g/mol. The molecule has 2 N–H and O–H groups in total. The van der Waals surface area contributed by atoms with E-state index >= 15 is 0 Å². The zero-order valence-electron chi connectivity index (χ0n) is 8.40. The van der Waals surface area contributed by atoms with Gasteiger partial charge in [0.1, 0.15) is 5.82 Å². The van der Waals surface area contributed by atoms with Crippen LogP contribution in [0.25, 0.3) is 10.9 Å². The van der Waals surface area contributed by atoms with Crippen molar-refractivity contribution in [2.24, 2.45) is 0 Å². The highest BCUT2D eigenvalue weighted by Crippen LogP contribution is 2.17. The number of hydrogen-bond acceptors (Lipinski definition) is 4. The van der Waals surface area contributed by atoms with E-state index in [9.17, 15) is 0 Å². The van der Waals surface area contributed by atoms with Gasteiger partial charge in [-0.05, 0) is 6.07 Å². The molecular formula is C10H13N5. The Morgan fingerprint density at radius 2 is 2.07 bits per heavy atom. The van der Waals surface area contributed by atoms with Crippen LogP contribution in [0.3, 0.4) is 0 Å². The van der Waals surface area contributed by atoms with Gasteiger partial charge in [0.25, 0.3) is 0 Å². The van der Waals surface area contributed by atoms with Crippen LogP contribution in [0, 0.1) is 0 Å². The maximum Gasteiger partial charge on any atom is 0.129 e. The highest BCUT2D eigenvalue weighted by molar-refractivity contribution is 5.79. The number of rotatable bonds is 1. The van der Waals surface area contributed by atoms with E-state index in [4.69, 9.17) is 0 Å². The Hall–Kier alpha value is -1.62. The third kappa shape index (κ3) is 1.55. The lowest BCUT2D eigenvalue weighted by Crippen LogP contribution is -2.43. The Bertz CT molecular complexity index is 458. The van der Waals surface area contributed by atoms with Crippen LogP contribution in [-0.2, 0) is 0 Å². The van der Waals surface area contributed by atoms with E-state index in [2.05, 4.69) is 31.5 Å². The summed E-state index contributed by atoms with van der Waals surface area (Å²) in [6, 6.07) is 2.09. The molecule has 0 saturated carbocycles. The molecule has 15 heavy (non-hydrogen) atoms. The lowest BCUT2D eigenvalue weighted by Gasteiger charge is -2.28. The number of nitrogens with one attached hydrogen (secondary N) is 2. The van der Waals surface area contributed by atoms with Gasteiger partial charge >= 0.3 is 0 Å².